The topological polar surface area (TPSA) is 52.2 Å². The number of halogens is 2. The summed E-state index contributed by atoms with van der Waals surface area (Å²) in [4.78, 5) is 24.0. The van der Waals surface area contributed by atoms with E-state index in [4.69, 9.17) is 16.0 Å². The molecule has 0 radical (unpaired) electrons. The number of aromatic nitrogens is 1. The highest BCUT2D eigenvalue weighted by Crippen LogP contribution is 2.25. The highest BCUT2D eigenvalue weighted by atomic mass is 79.9. The van der Waals surface area contributed by atoms with Crippen molar-refractivity contribution in [2.45, 2.75) is 0 Å². The zero-order chi connectivity index (χ0) is 15.1. The predicted octanol–water partition coefficient (Wildman–Crippen LogP) is 3.78. The van der Waals surface area contributed by atoms with Crippen molar-refractivity contribution in [1.29, 1.82) is 0 Å². The first kappa shape index (κ1) is 14.1. The summed E-state index contributed by atoms with van der Waals surface area (Å²) in [6, 6.07) is 9.92. The van der Waals surface area contributed by atoms with Crippen molar-refractivity contribution in [2.24, 2.45) is 7.05 Å². The number of hydrogen-bond donors (Lipinski definition) is 0. The Morgan fingerprint density at radius 2 is 2.00 bits per heavy atom. The number of ketones is 1. The van der Waals surface area contributed by atoms with E-state index in [1.807, 2.05) is 0 Å². The lowest BCUT2D eigenvalue weighted by Gasteiger charge is -2.04. The summed E-state index contributed by atoms with van der Waals surface area (Å²) in [6.45, 7) is 0. The first-order valence-corrected chi connectivity index (χ1v) is 7.24. The molecule has 1 aromatic heterocycles. The maximum absolute atomic E-state index is 12.5. The van der Waals surface area contributed by atoms with Gasteiger partial charge in [0.1, 0.15) is 0 Å². The smallest absolute Gasteiger partial charge is 0.408 e. The van der Waals surface area contributed by atoms with E-state index in [9.17, 15) is 9.59 Å². The average molecular weight is 367 g/mol. The van der Waals surface area contributed by atoms with E-state index >= 15 is 0 Å². The molecule has 0 fully saturated rings. The van der Waals surface area contributed by atoms with Crippen molar-refractivity contribution in [3.8, 4) is 0 Å². The molecule has 2 aromatic carbocycles. The van der Waals surface area contributed by atoms with Crippen LogP contribution < -0.4 is 5.76 Å². The van der Waals surface area contributed by atoms with E-state index in [2.05, 4.69) is 15.9 Å². The van der Waals surface area contributed by atoms with Crippen LogP contribution in [0.5, 0.6) is 0 Å². The number of oxazole rings is 1. The maximum Gasteiger partial charge on any atom is 0.419 e. The third kappa shape index (κ3) is 2.43. The Morgan fingerprint density at radius 1 is 1.24 bits per heavy atom. The van der Waals surface area contributed by atoms with Crippen molar-refractivity contribution < 1.29 is 9.21 Å². The number of carbonyl (C=O) groups is 1. The normalized spacial score (nSPS) is 11.0. The molecule has 3 rings (SSSR count). The Balaban J connectivity index is 2.13. The summed E-state index contributed by atoms with van der Waals surface area (Å²) in [7, 11) is 1.61. The number of benzene rings is 2. The van der Waals surface area contributed by atoms with Crippen LogP contribution in [0.2, 0.25) is 5.02 Å². The number of fused-ring (bicyclic) bond motifs is 1. The Morgan fingerprint density at radius 3 is 2.76 bits per heavy atom. The molecule has 0 aliphatic rings. The number of hydrogen-bond acceptors (Lipinski definition) is 3. The van der Waals surface area contributed by atoms with E-state index in [1.54, 1.807) is 43.4 Å². The largest absolute Gasteiger partial charge is 0.419 e. The summed E-state index contributed by atoms with van der Waals surface area (Å²) in [5, 5.41) is 0.480. The summed E-state index contributed by atoms with van der Waals surface area (Å²) in [5.74, 6) is -0.656. The second-order valence-corrected chi connectivity index (χ2v) is 5.85. The number of rotatable bonds is 2. The molecule has 0 spiro atoms. The van der Waals surface area contributed by atoms with Gasteiger partial charge in [-0.15, -0.1) is 0 Å². The average Bonchev–Trinajstić information content (AvgIpc) is 2.75. The van der Waals surface area contributed by atoms with Crippen molar-refractivity contribution >= 4 is 44.4 Å². The summed E-state index contributed by atoms with van der Waals surface area (Å²) in [5.41, 5.74) is 1.91. The van der Waals surface area contributed by atoms with Crippen LogP contribution in [0.1, 0.15) is 15.9 Å². The van der Waals surface area contributed by atoms with Gasteiger partial charge in [-0.25, -0.2) is 4.79 Å². The highest BCUT2D eigenvalue weighted by molar-refractivity contribution is 9.10. The Bertz CT molecular complexity index is 926. The molecule has 0 saturated heterocycles. The zero-order valence-electron chi connectivity index (χ0n) is 10.9. The van der Waals surface area contributed by atoms with Crippen LogP contribution in [-0.4, -0.2) is 10.4 Å². The third-order valence-electron chi connectivity index (χ3n) is 3.23. The highest BCUT2D eigenvalue weighted by Gasteiger charge is 2.15. The standard InChI is InChI=1S/C15H9BrClNO3/c1-18-12-5-2-8(6-13(12)21-15(18)20)14(19)10-7-9(17)3-4-11(10)16/h2-7H,1H3. The molecular weight excluding hydrogens is 358 g/mol. The lowest BCUT2D eigenvalue weighted by atomic mass is 10.0. The SMILES string of the molecule is Cn1c(=O)oc2cc(C(=O)c3cc(Cl)ccc3Br)ccc21. The molecule has 21 heavy (non-hydrogen) atoms. The molecule has 0 saturated carbocycles. The Kier molecular flexibility index (Phi) is 3.47. The molecule has 6 heteroatoms. The van der Waals surface area contributed by atoms with Crippen LogP contribution in [0.4, 0.5) is 0 Å². The Labute approximate surface area is 133 Å². The molecular formula is C15H9BrClNO3. The fourth-order valence-electron chi connectivity index (χ4n) is 2.10. The number of nitrogens with zero attached hydrogens (tertiary/aromatic N) is 1. The van der Waals surface area contributed by atoms with Gasteiger partial charge in [0, 0.05) is 27.7 Å². The van der Waals surface area contributed by atoms with Crippen LogP contribution in [-0.2, 0) is 7.05 Å². The molecule has 0 amide bonds. The van der Waals surface area contributed by atoms with E-state index < -0.39 is 5.76 Å². The molecule has 0 N–H and O–H groups in total. The van der Waals surface area contributed by atoms with Gasteiger partial charge in [-0.3, -0.25) is 9.36 Å². The molecule has 4 nitrogen and oxygen atoms in total. The summed E-state index contributed by atoms with van der Waals surface area (Å²) >= 11 is 9.27. The molecule has 0 unspecified atom stereocenters. The van der Waals surface area contributed by atoms with Gasteiger partial charge in [-0.2, -0.15) is 0 Å². The van der Waals surface area contributed by atoms with Gasteiger partial charge < -0.3 is 4.42 Å². The van der Waals surface area contributed by atoms with Crippen LogP contribution in [0.3, 0.4) is 0 Å². The minimum Gasteiger partial charge on any atom is -0.408 e. The van der Waals surface area contributed by atoms with Crippen molar-refractivity contribution in [1.82, 2.24) is 4.57 Å². The van der Waals surface area contributed by atoms with Gasteiger partial charge >= 0.3 is 5.76 Å². The molecule has 0 bridgehead atoms. The van der Waals surface area contributed by atoms with Crippen LogP contribution >= 0.6 is 27.5 Å². The van der Waals surface area contributed by atoms with Gasteiger partial charge in [0.05, 0.1) is 5.52 Å². The molecule has 0 aliphatic heterocycles. The minimum absolute atomic E-state index is 0.197. The molecule has 1 heterocycles. The minimum atomic E-state index is -0.460. The first-order valence-electron chi connectivity index (χ1n) is 6.06. The second-order valence-electron chi connectivity index (χ2n) is 4.56. The van der Waals surface area contributed by atoms with Crippen molar-refractivity contribution in [2.75, 3.05) is 0 Å². The number of aryl methyl sites for hydroxylation is 1. The van der Waals surface area contributed by atoms with Crippen molar-refractivity contribution in [3.63, 3.8) is 0 Å². The lowest BCUT2D eigenvalue weighted by molar-refractivity contribution is 0.103. The van der Waals surface area contributed by atoms with Gasteiger partial charge in [0.15, 0.2) is 11.4 Å². The maximum atomic E-state index is 12.5. The van der Waals surface area contributed by atoms with Crippen molar-refractivity contribution in [3.05, 3.63) is 67.6 Å². The fraction of sp³-hybridized carbons (Fsp3) is 0.0667. The molecule has 0 aliphatic carbocycles. The zero-order valence-corrected chi connectivity index (χ0v) is 13.2. The first-order chi connectivity index (χ1) is 9.97. The summed E-state index contributed by atoms with van der Waals surface area (Å²) < 4.78 is 7.14. The summed E-state index contributed by atoms with van der Waals surface area (Å²) in [6.07, 6.45) is 0. The van der Waals surface area contributed by atoms with Crippen LogP contribution in [0.25, 0.3) is 11.1 Å². The van der Waals surface area contributed by atoms with Gasteiger partial charge in [-0.1, -0.05) is 27.5 Å². The molecule has 106 valence electrons. The van der Waals surface area contributed by atoms with Gasteiger partial charge in [0.2, 0.25) is 0 Å². The van der Waals surface area contributed by atoms with E-state index in [1.165, 1.54) is 4.57 Å². The number of carbonyl (C=O) groups excluding carboxylic acids is 1. The molecule has 0 atom stereocenters. The predicted molar refractivity (Wildman–Crippen MR) is 84.0 cm³/mol. The Hall–Kier alpha value is -1.85. The van der Waals surface area contributed by atoms with E-state index in [0.717, 1.165) is 0 Å². The van der Waals surface area contributed by atoms with Gasteiger partial charge in [-0.05, 0) is 36.4 Å². The monoisotopic (exact) mass is 365 g/mol. The fourth-order valence-corrected chi connectivity index (χ4v) is 2.70. The van der Waals surface area contributed by atoms with Gasteiger partial charge in [0.25, 0.3) is 0 Å². The van der Waals surface area contributed by atoms with E-state index in [0.29, 0.717) is 31.7 Å². The molecule has 3 aromatic rings. The second kappa shape index (κ2) is 5.16. The quantitative estimate of drug-likeness (QED) is 0.649. The lowest BCUT2D eigenvalue weighted by Crippen LogP contribution is -2.08. The van der Waals surface area contributed by atoms with E-state index in [-0.39, 0.29) is 5.78 Å². The third-order valence-corrected chi connectivity index (χ3v) is 4.15. The van der Waals surface area contributed by atoms with Crippen LogP contribution in [0, 0.1) is 0 Å². The van der Waals surface area contributed by atoms with Crippen LogP contribution in [0.15, 0.2) is 50.1 Å².